The molecule has 0 atom stereocenters. The van der Waals surface area contributed by atoms with Crippen LogP contribution in [0.3, 0.4) is 0 Å². The van der Waals surface area contributed by atoms with Gasteiger partial charge in [0.1, 0.15) is 23.2 Å². The van der Waals surface area contributed by atoms with Crippen molar-refractivity contribution in [2.24, 2.45) is 0 Å². The summed E-state index contributed by atoms with van der Waals surface area (Å²) in [4.78, 5) is 0.518. The Morgan fingerprint density at radius 1 is 1.21 bits per heavy atom. The monoisotopic (exact) mass is 358 g/mol. The first-order chi connectivity index (χ1) is 11.7. The lowest BCUT2D eigenvalue weighted by atomic mass is 10.2. The number of hydrogen-bond donors (Lipinski definition) is 1. The van der Waals surface area contributed by atoms with Gasteiger partial charge >= 0.3 is 0 Å². The van der Waals surface area contributed by atoms with Crippen molar-refractivity contribution in [3.05, 3.63) is 53.8 Å². The first kappa shape index (κ1) is 16.2. The van der Waals surface area contributed by atoms with E-state index in [1.54, 1.807) is 19.2 Å². The molecule has 1 N–H and O–H groups in total. The van der Waals surface area contributed by atoms with Gasteiger partial charge in [0.2, 0.25) is 5.13 Å². The van der Waals surface area contributed by atoms with Crippen molar-refractivity contribution < 1.29 is 9.13 Å². The number of benzene rings is 2. The van der Waals surface area contributed by atoms with Gasteiger partial charge in [-0.3, -0.25) is 0 Å². The lowest BCUT2D eigenvalue weighted by Gasteiger charge is -2.03. The van der Waals surface area contributed by atoms with E-state index in [9.17, 15) is 4.39 Å². The number of anilines is 2. The highest BCUT2D eigenvalue weighted by Crippen LogP contribution is 2.35. The van der Waals surface area contributed by atoms with Crippen molar-refractivity contribution >= 4 is 33.9 Å². The molecular formula is C16H11FN4OS2. The number of nitrogens with zero attached hydrogens (tertiary/aromatic N) is 3. The molecule has 8 heteroatoms. The fourth-order valence-electron chi connectivity index (χ4n) is 1.89. The molecule has 5 nitrogen and oxygen atoms in total. The molecule has 1 heterocycles. The van der Waals surface area contributed by atoms with Crippen molar-refractivity contribution in [1.82, 2.24) is 10.2 Å². The van der Waals surface area contributed by atoms with Gasteiger partial charge in [0.05, 0.1) is 7.11 Å². The first-order valence-electron chi connectivity index (χ1n) is 6.80. The average Bonchev–Trinajstić information content (AvgIpc) is 3.03. The molecule has 1 aromatic heterocycles. The third-order valence-corrected chi connectivity index (χ3v) is 4.98. The van der Waals surface area contributed by atoms with Crippen LogP contribution in [0.25, 0.3) is 0 Å². The van der Waals surface area contributed by atoms with Gasteiger partial charge in [-0.25, -0.2) is 4.39 Å². The van der Waals surface area contributed by atoms with Crippen LogP contribution in [-0.4, -0.2) is 17.3 Å². The van der Waals surface area contributed by atoms with E-state index in [0.29, 0.717) is 14.4 Å². The lowest BCUT2D eigenvalue weighted by Crippen LogP contribution is -1.89. The Balaban J connectivity index is 1.74. The summed E-state index contributed by atoms with van der Waals surface area (Å²) in [5.74, 6) is 0.229. The summed E-state index contributed by atoms with van der Waals surface area (Å²) in [7, 11) is 1.61. The number of halogens is 1. The van der Waals surface area contributed by atoms with Crippen molar-refractivity contribution in [3.63, 3.8) is 0 Å². The van der Waals surface area contributed by atoms with Gasteiger partial charge < -0.3 is 10.1 Å². The van der Waals surface area contributed by atoms with Crippen LogP contribution < -0.4 is 10.1 Å². The summed E-state index contributed by atoms with van der Waals surface area (Å²) in [5.41, 5.74) is 0.870. The van der Waals surface area contributed by atoms with Gasteiger partial charge in [-0.1, -0.05) is 29.2 Å². The van der Waals surface area contributed by atoms with E-state index >= 15 is 0 Å². The topological polar surface area (TPSA) is 70.8 Å². The zero-order chi connectivity index (χ0) is 16.9. The summed E-state index contributed by atoms with van der Waals surface area (Å²) in [6.45, 7) is 0. The van der Waals surface area contributed by atoms with E-state index in [-0.39, 0.29) is 5.56 Å². The van der Waals surface area contributed by atoms with Crippen LogP contribution in [0.15, 0.2) is 51.7 Å². The summed E-state index contributed by atoms with van der Waals surface area (Å²) < 4.78 is 19.3. The molecule has 3 rings (SSSR count). The molecule has 2 aromatic carbocycles. The highest BCUT2D eigenvalue weighted by atomic mass is 32.2. The van der Waals surface area contributed by atoms with E-state index in [0.717, 1.165) is 11.4 Å². The van der Waals surface area contributed by atoms with Crippen molar-refractivity contribution in [2.75, 3.05) is 12.4 Å². The minimum absolute atomic E-state index is 0.0161. The Bertz CT molecular complexity index is 890. The van der Waals surface area contributed by atoms with E-state index in [4.69, 9.17) is 10.00 Å². The molecule has 0 unspecified atom stereocenters. The van der Waals surface area contributed by atoms with Gasteiger partial charge in [0.15, 0.2) is 4.34 Å². The largest absolute Gasteiger partial charge is 0.497 e. The molecule has 0 aliphatic heterocycles. The van der Waals surface area contributed by atoms with E-state index < -0.39 is 5.82 Å². The van der Waals surface area contributed by atoms with Crippen LogP contribution in [0, 0.1) is 17.1 Å². The second kappa shape index (κ2) is 7.29. The number of methoxy groups -OCH3 is 1. The minimum atomic E-state index is -0.538. The smallest absolute Gasteiger partial charge is 0.210 e. The van der Waals surface area contributed by atoms with Crippen molar-refractivity contribution in [2.45, 2.75) is 9.24 Å². The van der Waals surface area contributed by atoms with Crippen LogP contribution in [-0.2, 0) is 0 Å². The normalized spacial score (nSPS) is 10.2. The van der Waals surface area contributed by atoms with Crippen molar-refractivity contribution in [3.8, 4) is 11.8 Å². The number of nitriles is 1. The van der Waals surface area contributed by atoms with Crippen LogP contribution in [0.4, 0.5) is 15.2 Å². The van der Waals surface area contributed by atoms with Gasteiger partial charge in [0.25, 0.3) is 0 Å². The standard InChI is InChI=1S/C16H11FN4OS2/c1-22-11-7-5-10(6-8-11)19-15-20-21-16(24-15)23-14-4-2-3-13(17)12(14)9-18/h2-8H,1H3,(H,19,20). The maximum absolute atomic E-state index is 13.6. The van der Waals surface area contributed by atoms with E-state index in [2.05, 4.69) is 15.5 Å². The molecule has 0 saturated carbocycles. The lowest BCUT2D eigenvalue weighted by molar-refractivity contribution is 0.415. The minimum Gasteiger partial charge on any atom is -0.497 e. The molecule has 24 heavy (non-hydrogen) atoms. The molecule has 0 amide bonds. The molecule has 120 valence electrons. The fourth-order valence-corrected chi connectivity index (χ4v) is 3.72. The molecule has 0 saturated heterocycles. The molecule has 3 aromatic rings. The highest BCUT2D eigenvalue weighted by Gasteiger charge is 2.12. The van der Waals surface area contributed by atoms with Crippen LogP contribution in [0.1, 0.15) is 5.56 Å². The predicted molar refractivity (Wildman–Crippen MR) is 91.4 cm³/mol. The maximum Gasteiger partial charge on any atom is 0.210 e. The van der Waals surface area contributed by atoms with Gasteiger partial charge in [-0.2, -0.15) is 5.26 Å². The Hall–Kier alpha value is -2.63. The zero-order valence-corrected chi connectivity index (χ0v) is 14.1. The quantitative estimate of drug-likeness (QED) is 0.726. The number of rotatable bonds is 5. The van der Waals surface area contributed by atoms with Crippen LogP contribution in [0.2, 0.25) is 0 Å². The summed E-state index contributed by atoms with van der Waals surface area (Å²) in [5, 5.41) is 20.9. The molecule has 0 spiro atoms. The van der Waals surface area contributed by atoms with Crippen molar-refractivity contribution in [1.29, 1.82) is 5.26 Å². The SMILES string of the molecule is COc1ccc(Nc2nnc(Sc3cccc(F)c3C#N)s2)cc1. The van der Waals surface area contributed by atoms with Gasteiger partial charge in [-0.15, -0.1) is 10.2 Å². The molecular weight excluding hydrogens is 347 g/mol. The third-order valence-electron chi connectivity index (χ3n) is 3.03. The highest BCUT2D eigenvalue weighted by molar-refractivity contribution is 8.01. The molecule has 0 aliphatic carbocycles. The molecule has 0 aliphatic rings. The molecule has 0 radical (unpaired) electrons. The Kier molecular flexibility index (Phi) is 4.93. The molecule has 0 fully saturated rings. The summed E-state index contributed by atoms with van der Waals surface area (Å²) >= 11 is 2.54. The first-order valence-corrected chi connectivity index (χ1v) is 8.44. The maximum atomic E-state index is 13.6. The Morgan fingerprint density at radius 2 is 2.00 bits per heavy atom. The van der Waals surface area contributed by atoms with E-state index in [1.807, 2.05) is 30.3 Å². The Labute approximate surface area is 146 Å². The fraction of sp³-hybridized carbons (Fsp3) is 0.0625. The Morgan fingerprint density at radius 3 is 2.71 bits per heavy atom. The second-order valence-electron chi connectivity index (χ2n) is 4.55. The van der Waals surface area contributed by atoms with Crippen LogP contribution >= 0.6 is 23.1 Å². The number of nitrogens with one attached hydrogen (secondary N) is 1. The third kappa shape index (κ3) is 3.64. The zero-order valence-electron chi connectivity index (χ0n) is 12.5. The number of ether oxygens (including phenoxy) is 1. The summed E-state index contributed by atoms with van der Waals surface area (Å²) in [6.07, 6.45) is 0. The predicted octanol–water partition coefficient (Wildman–Crippen LogP) is 4.45. The van der Waals surface area contributed by atoms with Gasteiger partial charge in [0, 0.05) is 10.6 Å². The number of aromatic nitrogens is 2. The average molecular weight is 358 g/mol. The second-order valence-corrected chi connectivity index (χ2v) is 6.82. The van der Waals surface area contributed by atoms with E-state index in [1.165, 1.54) is 29.2 Å². The molecule has 0 bridgehead atoms. The summed E-state index contributed by atoms with van der Waals surface area (Å²) in [6, 6.07) is 13.8. The van der Waals surface area contributed by atoms with Gasteiger partial charge in [-0.05, 0) is 36.4 Å². The number of hydrogen-bond acceptors (Lipinski definition) is 7. The van der Waals surface area contributed by atoms with Crippen LogP contribution in [0.5, 0.6) is 5.75 Å².